The summed E-state index contributed by atoms with van der Waals surface area (Å²) < 4.78 is 17.5. The quantitative estimate of drug-likeness (QED) is 0.139. The van der Waals surface area contributed by atoms with Crippen molar-refractivity contribution in [1.29, 1.82) is 0 Å². The first-order valence-corrected chi connectivity index (χ1v) is 13.6. The second kappa shape index (κ2) is 12.6. The van der Waals surface area contributed by atoms with E-state index >= 15 is 0 Å². The van der Waals surface area contributed by atoms with Gasteiger partial charge < -0.3 is 14.2 Å². The first-order chi connectivity index (χ1) is 18.0. The van der Waals surface area contributed by atoms with E-state index in [1.165, 1.54) is 6.08 Å². The summed E-state index contributed by atoms with van der Waals surface area (Å²) in [5.74, 6) is 0.610. The van der Waals surface area contributed by atoms with Gasteiger partial charge in [0.25, 0.3) is 0 Å². The Balaban J connectivity index is 2.59. The Bertz CT molecular complexity index is 1220. The summed E-state index contributed by atoms with van der Waals surface area (Å²) in [5.41, 5.74) is 1.49. The summed E-state index contributed by atoms with van der Waals surface area (Å²) in [6.45, 7) is 21.3. The molecule has 0 saturated carbocycles. The lowest BCUT2D eigenvalue weighted by Crippen LogP contribution is -2.26. The van der Waals surface area contributed by atoms with E-state index in [1.807, 2.05) is 26.8 Å². The SMILES string of the molecule is CCOc1c(C(C)C)cc(C(C)C)c(OC(=O)C(C)(C)C)c1/C=C/C(=O)c1ccc(OC(=O)C(C)(C)C)cc1. The number of ketones is 1. The average Bonchev–Trinajstić information content (AvgIpc) is 2.82. The minimum absolute atomic E-state index is 0.0622. The van der Waals surface area contributed by atoms with Gasteiger partial charge in [0.1, 0.15) is 17.2 Å². The molecule has 2 rings (SSSR count). The van der Waals surface area contributed by atoms with E-state index in [0.717, 1.165) is 11.1 Å². The fraction of sp³-hybridized carbons (Fsp3) is 0.485. The standard InChI is InChI=1S/C33H44O6/c1-12-37-28-24(17-18-27(34)22-13-15-23(16-14-22)38-30(35)32(6,7)8)29(39-31(36)33(9,10)11)26(21(4)5)19-25(28)20(2)3/h13-21H,12H2,1-11H3/b18-17+. The van der Waals surface area contributed by atoms with Crippen LogP contribution in [0.15, 0.2) is 36.4 Å². The maximum atomic E-state index is 13.2. The molecule has 0 aliphatic carbocycles. The first kappa shape index (κ1) is 31.8. The van der Waals surface area contributed by atoms with E-state index in [9.17, 15) is 14.4 Å². The molecule has 39 heavy (non-hydrogen) atoms. The highest BCUT2D eigenvalue weighted by atomic mass is 16.5. The van der Waals surface area contributed by atoms with Crippen LogP contribution in [-0.4, -0.2) is 24.3 Å². The Morgan fingerprint density at radius 3 is 1.72 bits per heavy atom. The van der Waals surface area contributed by atoms with Crippen LogP contribution in [0.4, 0.5) is 0 Å². The average molecular weight is 537 g/mol. The summed E-state index contributed by atoms with van der Waals surface area (Å²) >= 11 is 0. The molecule has 2 aromatic rings. The van der Waals surface area contributed by atoms with E-state index in [4.69, 9.17) is 14.2 Å². The smallest absolute Gasteiger partial charge is 0.316 e. The number of esters is 2. The molecule has 0 bridgehead atoms. The predicted octanol–water partition coefficient (Wildman–Crippen LogP) is 8.13. The molecular formula is C33H44O6. The molecule has 0 fully saturated rings. The van der Waals surface area contributed by atoms with Gasteiger partial charge in [-0.05, 0) is 114 Å². The Morgan fingerprint density at radius 1 is 0.769 bits per heavy atom. The fourth-order valence-corrected chi connectivity index (χ4v) is 3.59. The number of hydrogen-bond acceptors (Lipinski definition) is 6. The van der Waals surface area contributed by atoms with Gasteiger partial charge in [-0.2, -0.15) is 0 Å². The van der Waals surface area contributed by atoms with Gasteiger partial charge in [0.05, 0.1) is 23.0 Å². The molecule has 0 amide bonds. The zero-order valence-corrected chi connectivity index (χ0v) is 25.4. The molecule has 0 aliphatic heterocycles. The van der Waals surface area contributed by atoms with Crippen molar-refractivity contribution in [2.75, 3.05) is 6.61 Å². The minimum Gasteiger partial charge on any atom is -0.493 e. The molecule has 212 valence electrons. The summed E-state index contributed by atoms with van der Waals surface area (Å²) in [7, 11) is 0. The molecule has 0 radical (unpaired) electrons. The summed E-state index contributed by atoms with van der Waals surface area (Å²) in [6, 6.07) is 8.48. The van der Waals surface area contributed by atoms with Crippen LogP contribution in [0.3, 0.4) is 0 Å². The molecule has 6 nitrogen and oxygen atoms in total. The third-order valence-electron chi connectivity index (χ3n) is 6.03. The van der Waals surface area contributed by atoms with E-state index in [1.54, 1.807) is 71.9 Å². The zero-order valence-electron chi connectivity index (χ0n) is 25.4. The highest BCUT2D eigenvalue weighted by molar-refractivity contribution is 6.07. The van der Waals surface area contributed by atoms with Crippen LogP contribution in [-0.2, 0) is 9.59 Å². The molecule has 6 heteroatoms. The van der Waals surface area contributed by atoms with Gasteiger partial charge in [0.2, 0.25) is 0 Å². The Kier molecular flexibility index (Phi) is 10.3. The van der Waals surface area contributed by atoms with Crippen LogP contribution in [0.2, 0.25) is 0 Å². The van der Waals surface area contributed by atoms with Gasteiger partial charge in [0.15, 0.2) is 5.78 Å². The van der Waals surface area contributed by atoms with E-state index in [0.29, 0.717) is 35.0 Å². The van der Waals surface area contributed by atoms with Crippen molar-refractivity contribution < 1.29 is 28.6 Å². The fourth-order valence-electron chi connectivity index (χ4n) is 3.59. The van der Waals surface area contributed by atoms with Crippen molar-refractivity contribution in [3.8, 4) is 17.2 Å². The van der Waals surface area contributed by atoms with E-state index in [2.05, 4.69) is 13.8 Å². The summed E-state index contributed by atoms with van der Waals surface area (Å²) in [6.07, 6.45) is 3.13. The van der Waals surface area contributed by atoms with Crippen LogP contribution in [0.25, 0.3) is 6.08 Å². The summed E-state index contributed by atoms with van der Waals surface area (Å²) in [4.78, 5) is 38.3. The largest absolute Gasteiger partial charge is 0.493 e. The second-order valence-corrected chi connectivity index (χ2v) is 12.4. The van der Waals surface area contributed by atoms with Gasteiger partial charge in [-0.15, -0.1) is 0 Å². The normalized spacial score (nSPS) is 12.2. The lowest BCUT2D eigenvalue weighted by atomic mass is 9.90. The van der Waals surface area contributed by atoms with E-state index < -0.39 is 10.8 Å². The number of rotatable bonds is 9. The van der Waals surface area contributed by atoms with Crippen molar-refractivity contribution in [3.63, 3.8) is 0 Å². The van der Waals surface area contributed by atoms with Gasteiger partial charge in [0, 0.05) is 5.56 Å². The van der Waals surface area contributed by atoms with Crippen molar-refractivity contribution in [3.05, 3.63) is 58.7 Å². The van der Waals surface area contributed by atoms with Crippen LogP contribution in [0.5, 0.6) is 17.2 Å². The maximum Gasteiger partial charge on any atom is 0.316 e. The van der Waals surface area contributed by atoms with Gasteiger partial charge in [-0.25, -0.2) is 0 Å². The molecule has 0 N–H and O–H groups in total. The number of carbonyl (C=O) groups is 3. The van der Waals surface area contributed by atoms with Gasteiger partial charge in [-0.1, -0.05) is 27.7 Å². The lowest BCUT2D eigenvalue weighted by Gasteiger charge is -2.25. The third-order valence-corrected chi connectivity index (χ3v) is 6.03. The molecule has 0 heterocycles. The molecule has 0 saturated heterocycles. The molecular weight excluding hydrogens is 492 g/mol. The molecule has 0 aliphatic rings. The number of ether oxygens (including phenoxy) is 3. The monoisotopic (exact) mass is 536 g/mol. The van der Waals surface area contributed by atoms with Gasteiger partial charge >= 0.3 is 11.9 Å². The van der Waals surface area contributed by atoms with Crippen LogP contribution < -0.4 is 14.2 Å². The van der Waals surface area contributed by atoms with Crippen LogP contribution >= 0.6 is 0 Å². The van der Waals surface area contributed by atoms with Crippen molar-refractivity contribution >= 4 is 23.8 Å². The van der Waals surface area contributed by atoms with E-state index in [-0.39, 0.29) is 29.6 Å². The molecule has 2 aromatic carbocycles. The second-order valence-electron chi connectivity index (χ2n) is 12.4. The third kappa shape index (κ3) is 8.29. The first-order valence-electron chi connectivity index (χ1n) is 13.6. The zero-order chi connectivity index (χ0) is 29.7. The Morgan fingerprint density at radius 2 is 1.26 bits per heavy atom. The minimum atomic E-state index is -0.717. The Labute approximate surface area is 233 Å². The van der Waals surface area contributed by atoms with Gasteiger partial charge in [-0.3, -0.25) is 14.4 Å². The number of hydrogen-bond donors (Lipinski definition) is 0. The summed E-state index contributed by atoms with van der Waals surface area (Å²) in [5, 5.41) is 0. The number of allylic oxidation sites excluding steroid dienone is 1. The molecule has 0 unspecified atom stereocenters. The maximum absolute atomic E-state index is 13.2. The van der Waals surface area contributed by atoms with Crippen molar-refractivity contribution in [2.24, 2.45) is 10.8 Å². The van der Waals surface area contributed by atoms with Crippen molar-refractivity contribution in [1.82, 2.24) is 0 Å². The number of carbonyl (C=O) groups excluding carboxylic acids is 3. The highest BCUT2D eigenvalue weighted by Gasteiger charge is 2.29. The van der Waals surface area contributed by atoms with Crippen molar-refractivity contribution in [2.45, 2.75) is 88.0 Å². The Hall–Kier alpha value is -3.41. The molecule has 0 spiro atoms. The number of benzene rings is 2. The molecule has 0 atom stereocenters. The highest BCUT2D eigenvalue weighted by Crippen LogP contribution is 2.43. The lowest BCUT2D eigenvalue weighted by molar-refractivity contribution is -0.143. The van der Waals surface area contributed by atoms with Crippen LogP contribution in [0.1, 0.15) is 115 Å². The molecule has 0 aromatic heterocycles. The topological polar surface area (TPSA) is 78.9 Å². The predicted molar refractivity (Wildman–Crippen MR) is 156 cm³/mol. The van der Waals surface area contributed by atoms with Crippen LogP contribution in [0, 0.1) is 10.8 Å².